The monoisotopic (exact) mass is 206 g/mol. The maximum atomic E-state index is 10.4. The SMILES string of the molecule is O=[N+]([O-])c1ccc(NCC2CCC2)cc1. The summed E-state index contributed by atoms with van der Waals surface area (Å²) in [7, 11) is 0. The smallest absolute Gasteiger partial charge is 0.269 e. The van der Waals surface area contributed by atoms with E-state index in [1.54, 1.807) is 12.1 Å². The molecular weight excluding hydrogens is 192 g/mol. The summed E-state index contributed by atoms with van der Waals surface area (Å²) >= 11 is 0. The van der Waals surface area contributed by atoms with E-state index < -0.39 is 0 Å². The summed E-state index contributed by atoms with van der Waals surface area (Å²) in [6, 6.07) is 6.58. The van der Waals surface area contributed by atoms with E-state index in [0.29, 0.717) is 0 Å². The zero-order chi connectivity index (χ0) is 10.7. The highest BCUT2D eigenvalue weighted by Gasteiger charge is 2.16. The first kappa shape index (κ1) is 9.96. The Balaban J connectivity index is 1.88. The van der Waals surface area contributed by atoms with Crippen LogP contribution in [0.1, 0.15) is 19.3 Å². The third-order valence-corrected chi connectivity index (χ3v) is 2.90. The highest BCUT2D eigenvalue weighted by Crippen LogP contribution is 2.26. The largest absolute Gasteiger partial charge is 0.385 e. The summed E-state index contributed by atoms with van der Waals surface area (Å²) in [4.78, 5) is 10.0. The Labute approximate surface area is 88.5 Å². The van der Waals surface area contributed by atoms with Crippen molar-refractivity contribution in [2.24, 2.45) is 5.92 Å². The summed E-state index contributed by atoms with van der Waals surface area (Å²) in [5.74, 6) is 0.792. The predicted octanol–water partition coefficient (Wildman–Crippen LogP) is 2.81. The van der Waals surface area contributed by atoms with Gasteiger partial charge < -0.3 is 5.32 Å². The Morgan fingerprint density at radius 1 is 1.33 bits per heavy atom. The van der Waals surface area contributed by atoms with Crippen molar-refractivity contribution in [3.63, 3.8) is 0 Å². The average Bonchev–Trinajstić information content (AvgIpc) is 2.16. The zero-order valence-corrected chi connectivity index (χ0v) is 8.48. The van der Waals surface area contributed by atoms with Gasteiger partial charge in [-0.3, -0.25) is 10.1 Å². The fraction of sp³-hybridized carbons (Fsp3) is 0.455. The van der Waals surface area contributed by atoms with Crippen LogP contribution in [-0.4, -0.2) is 11.5 Å². The second-order valence-corrected chi connectivity index (χ2v) is 3.98. The highest BCUT2D eigenvalue weighted by molar-refractivity contribution is 5.48. The molecule has 1 aromatic carbocycles. The van der Waals surface area contributed by atoms with Crippen LogP contribution in [0.3, 0.4) is 0 Å². The number of hydrogen-bond donors (Lipinski definition) is 1. The van der Waals surface area contributed by atoms with Gasteiger partial charge in [-0.15, -0.1) is 0 Å². The van der Waals surface area contributed by atoms with Gasteiger partial charge in [-0.25, -0.2) is 0 Å². The van der Waals surface area contributed by atoms with Crippen molar-refractivity contribution in [1.82, 2.24) is 0 Å². The molecule has 15 heavy (non-hydrogen) atoms. The van der Waals surface area contributed by atoms with E-state index >= 15 is 0 Å². The minimum Gasteiger partial charge on any atom is -0.385 e. The van der Waals surface area contributed by atoms with Gasteiger partial charge in [0.1, 0.15) is 0 Å². The predicted molar refractivity (Wildman–Crippen MR) is 58.9 cm³/mol. The molecule has 0 spiro atoms. The van der Waals surface area contributed by atoms with Gasteiger partial charge in [-0.05, 0) is 30.9 Å². The minimum absolute atomic E-state index is 0.143. The van der Waals surface area contributed by atoms with Crippen LogP contribution >= 0.6 is 0 Å². The molecule has 0 saturated heterocycles. The van der Waals surface area contributed by atoms with Crippen LogP contribution < -0.4 is 5.32 Å². The molecule has 0 heterocycles. The van der Waals surface area contributed by atoms with Crippen molar-refractivity contribution in [3.8, 4) is 0 Å². The van der Waals surface area contributed by atoms with Crippen molar-refractivity contribution in [3.05, 3.63) is 34.4 Å². The molecule has 0 bridgehead atoms. The molecule has 0 amide bonds. The van der Waals surface area contributed by atoms with Gasteiger partial charge in [0, 0.05) is 24.4 Å². The van der Waals surface area contributed by atoms with Crippen molar-refractivity contribution < 1.29 is 4.92 Å². The Bertz CT molecular complexity index is 344. The van der Waals surface area contributed by atoms with E-state index in [9.17, 15) is 10.1 Å². The molecule has 0 radical (unpaired) electrons. The maximum absolute atomic E-state index is 10.4. The number of non-ortho nitro benzene ring substituents is 1. The number of nitro groups is 1. The number of hydrogen-bond acceptors (Lipinski definition) is 3. The lowest BCUT2D eigenvalue weighted by molar-refractivity contribution is -0.384. The molecule has 0 aliphatic heterocycles. The third kappa shape index (κ3) is 2.46. The number of nitrogens with one attached hydrogen (secondary N) is 1. The Morgan fingerprint density at radius 3 is 2.47 bits per heavy atom. The van der Waals surface area contributed by atoms with Crippen molar-refractivity contribution in [2.75, 3.05) is 11.9 Å². The second-order valence-electron chi connectivity index (χ2n) is 3.98. The molecule has 4 nitrogen and oxygen atoms in total. The summed E-state index contributed by atoms with van der Waals surface area (Å²) in [5, 5.41) is 13.7. The number of benzene rings is 1. The number of nitrogens with zero attached hydrogens (tertiary/aromatic N) is 1. The van der Waals surface area contributed by atoms with Gasteiger partial charge in [0.2, 0.25) is 0 Å². The van der Waals surface area contributed by atoms with Crippen LogP contribution in [0.4, 0.5) is 11.4 Å². The van der Waals surface area contributed by atoms with Crippen LogP contribution in [0.2, 0.25) is 0 Å². The minimum atomic E-state index is -0.379. The van der Waals surface area contributed by atoms with E-state index in [1.807, 2.05) is 0 Å². The Hall–Kier alpha value is -1.58. The van der Waals surface area contributed by atoms with Crippen LogP contribution in [0.5, 0.6) is 0 Å². The third-order valence-electron chi connectivity index (χ3n) is 2.90. The van der Waals surface area contributed by atoms with Crippen molar-refractivity contribution in [1.29, 1.82) is 0 Å². The first-order chi connectivity index (χ1) is 7.25. The van der Waals surface area contributed by atoms with Crippen LogP contribution in [-0.2, 0) is 0 Å². The molecule has 1 saturated carbocycles. The van der Waals surface area contributed by atoms with Gasteiger partial charge in [0.25, 0.3) is 5.69 Å². The number of rotatable bonds is 4. The average molecular weight is 206 g/mol. The van der Waals surface area contributed by atoms with E-state index in [4.69, 9.17) is 0 Å². The first-order valence-electron chi connectivity index (χ1n) is 5.24. The molecule has 0 aromatic heterocycles. The highest BCUT2D eigenvalue weighted by atomic mass is 16.6. The summed E-state index contributed by atoms with van der Waals surface area (Å²) in [6.07, 6.45) is 3.95. The van der Waals surface area contributed by atoms with Gasteiger partial charge in [0.05, 0.1) is 4.92 Å². The Morgan fingerprint density at radius 2 is 2.00 bits per heavy atom. The fourth-order valence-electron chi connectivity index (χ4n) is 1.66. The second kappa shape index (κ2) is 4.29. The lowest BCUT2D eigenvalue weighted by atomic mass is 9.85. The maximum Gasteiger partial charge on any atom is 0.269 e. The molecule has 1 N–H and O–H groups in total. The molecule has 0 unspecified atom stereocenters. The Kier molecular flexibility index (Phi) is 2.85. The number of anilines is 1. The van der Waals surface area contributed by atoms with Gasteiger partial charge in [0.15, 0.2) is 0 Å². The molecule has 0 atom stereocenters. The van der Waals surface area contributed by atoms with E-state index in [-0.39, 0.29) is 10.6 Å². The van der Waals surface area contributed by atoms with Gasteiger partial charge in [-0.2, -0.15) is 0 Å². The van der Waals surface area contributed by atoms with Gasteiger partial charge in [-0.1, -0.05) is 6.42 Å². The normalized spacial score (nSPS) is 15.7. The first-order valence-corrected chi connectivity index (χ1v) is 5.24. The van der Waals surface area contributed by atoms with Crippen molar-refractivity contribution in [2.45, 2.75) is 19.3 Å². The molecular formula is C11H14N2O2. The van der Waals surface area contributed by atoms with Crippen molar-refractivity contribution >= 4 is 11.4 Å². The summed E-state index contributed by atoms with van der Waals surface area (Å²) in [5.41, 5.74) is 1.11. The lowest BCUT2D eigenvalue weighted by Crippen LogP contribution is -2.20. The molecule has 2 rings (SSSR count). The lowest BCUT2D eigenvalue weighted by Gasteiger charge is -2.25. The van der Waals surface area contributed by atoms with Crippen LogP contribution in [0.25, 0.3) is 0 Å². The molecule has 80 valence electrons. The number of nitro benzene ring substituents is 1. The molecule has 1 fully saturated rings. The summed E-state index contributed by atoms with van der Waals surface area (Å²) < 4.78 is 0. The summed E-state index contributed by atoms with van der Waals surface area (Å²) in [6.45, 7) is 0.984. The molecule has 4 heteroatoms. The van der Waals surface area contributed by atoms with E-state index in [1.165, 1.54) is 31.4 Å². The molecule has 1 aliphatic rings. The standard InChI is InChI=1S/C11H14N2O2/c14-13(15)11-6-4-10(5-7-11)12-8-9-2-1-3-9/h4-7,9,12H,1-3,8H2. The quantitative estimate of drug-likeness (QED) is 0.608. The van der Waals surface area contributed by atoms with Gasteiger partial charge >= 0.3 is 0 Å². The topological polar surface area (TPSA) is 55.2 Å². The molecule has 1 aromatic rings. The molecule has 1 aliphatic carbocycles. The van der Waals surface area contributed by atoms with E-state index in [0.717, 1.165) is 18.2 Å². The van der Waals surface area contributed by atoms with Crippen LogP contribution in [0.15, 0.2) is 24.3 Å². The van der Waals surface area contributed by atoms with Crippen LogP contribution in [0, 0.1) is 16.0 Å². The fourth-order valence-corrected chi connectivity index (χ4v) is 1.66. The zero-order valence-electron chi connectivity index (χ0n) is 8.48. The van der Waals surface area contributed by atoms with E-state index in [2.05, 4.69) is 5.32 Å².